The van der Waals surface area contributed by atoms with Crippen molar-refractivity contribution >= 4 is 79.3 Å². The van der Waals surface area contributed by atoms with E-state index in [0.717, 1.165) is 90.1 Å². The number of Topliss-reactive ketones (excluding diaryl/α,β-unsaturated/α-hetero) is 1. The van der Waals surface area contributed by atoms with E-state index in [0.29, 0.717) is 117 Å². The first-order valence-electron chi connectivity index (χ1n) is 28.4. The van der Waals surface area contributed by atoms with E-state index in [9.17, 15) is 28.8 Å². The van der Waals surface area contributed by atoms with Gasteiger partial charge in [-0.1, -0.05) is 54.8 Å². The number of nitrogens with one attached hydrogen (secondary N) is 1. The van der Waals surface area contributed by atoms with Crippen molar-refractivity contribution in [2.24, 2.45) is 28.8 Å². The maximum atomic E-state index is 13.9. The van der Waals surface area contributed by atoms with E-state index in [4.69, 9.17) is 33.2 Å². The Morgan fingerprint density at radius 1 is 0.537 bits per heavy atom. The van der Waals surface area contributed by atoms with Crippen LogP contribution in [0.5, 0.6) is 28.7 Å². The molecule has 0 amide bonds. The van der Waals surface area contributed by atoms with Crippen molar-refractivity contribution in [3.63, 3.8) is 0 Å². The highest BCUT2D eigenvalue weighted by molar-refractivity contribution is 7.22. The Morgan fingerprint density at radius 2 is 1.02 bits per heavy atom. The van der Waals surface area contributed by atoms with Gasteiger partial charge < -0.3 is 33.2 Å². The van der Waals surface area contributed by atoms with E-state index < -0.39 is 23.8 Å². The number of fused-ring (bicyclic) bond motifs is 2. The van der Waals surface area contributed by atoms with E-state index in [-0.39, 0.29) is 41.9 Å². The van der Waals surface area contributed by atoms with Crippen LogP contribution in [0.15, 0.2) is 134 Å². The number of para-hydroxylation sites is 1. The molecule has 0 aliphatic heterocycles. The third kappa shape index (κ3) is 18.4. The number of benzene rings is 5. The number of unbranched alkanes of at least 4 members (excludes halogenated alkanes) is 6. The Bertz CT molecular complexity index is 3140. The average molecular weight is 1130 g/mol. The molecule has 82 heavy (non-hydrogen) atoms. The van der Waals surface area contributed by atoms with Gasteiger partial charge in [-0.05, 0) is 192 Å². The van der Waals surface area contributed by atoms with E-state index in [1.54, 1.807) is 54.7 Å². The SMILES string of the molecule is C=CC(=O)OCCCCCCOc1ccc(OC(=O)C2CCC(C(=O)Cc3ccc4cc(OC(=O)C5CCC(C(=O)Oc6ccc(OCCCCCCOC(=O)C=C)cc6)CC5)c(/C=N/Nc5nc6ccccc6s5)cc4c3)CC2)cc1. The number of carbonyl (C=O) groups excluding carboxylic acids is 6. The minimum atomic E-state index is -0.424. The number of ether oxygens (including phenoxy) is 7. The highest BCUT2D eigenvalue weighted by atomic mass is 32.1. The Labute approximate surface area is 482 Å². The molecule has 6 aromatic rings. The number of ketones is 1. The smallest absolute Gasteiger partial charge is 0.330 e. The third-order valence-corrected chi connectivity index (χ3v) is 15.7. The lowest BCUT2D eigenvalue weighted by atomic mass is 9.79. The first-order valence-corrected chi connectivity index (χ1v) is 29.2. The Morgan fingerprint density at radius 3 is 1.55 bits per heavy atom. The predicted molar refractivity (Wildman–Crippen MR) is 314 cm³/mol. The summed E-state index contributed by atoms with van der Waals surface area (Å²) in [5, 5.41) is 6.76. The summed E-state index contributed by atoms with van der Waals surface area (Å²) in [5.41, 5.74) is 5.27. The monoisotopic (exact) mass is 1130 g/mol. The lowest BCUT2D eigenvalue weighted by Crippen LogP contribution is -2.30. The van der Waals surface area contributed by atoms with Crippen molar-refractivity contribution in [1.82, 2.24) is 4.98 Å². The van der Waals surface area contributed by atoms with Crippen LogP contribution in [-0.2, 0) is 44.7 Å². The van der Waals surface area contributed by atoms with Gasteiger partial charge in [0.15, 0.2) is 0 Å². The summed E-state index contributed by atoms with van der Waals surface area (Å²) in [6, 6.07) is 31.3. The third-order valence-electron chi connectivity index (χ3n) is 14.7. The van der Waals surface area contributed by atoms with Crippen molar-refractivity contribution in [2.45, 2.75) is 109 Å². The molecule has 0 atom stereocenters. The fourth-order valence-electron chi connectivity index (χ4n) is 10.0. The standard InChI is InChI=1S/C65H71N3O13S/c1-3-60(70)77-37-13-7-5-11-35-75-52-27-31-54(32-28-52)79-62(72)46-21-19-45(20-22-46)57(69)40-44-17-18-49-42-58(51(41-50(49)39-44)43-66-68-65-67-56-15-9-10-16-59(56)82-65)81-64(74)48-25-23-47(24-26-48)63(73)80-55-33-29-53(30-34-55)76-36-12-6-8-14-38-78-61(71)4-2/h3-4,9-10,15-18,27-34,39,41-43,45-48H,1-2,5-8,11-14,19-26,35-38,40H2,(H,67,68)/b66-43+. The lowest BCUT2D eigenvalue weighted by Gasteiger charge is -2.26. The molecule has 16 nitrogen and oxygen atoms in total. The van der Waals surface area contributed by atoms with Crippen LogP contribution in [0.2, 0.25) is 0 Å². The van der Waals surface area contributed by atoms with Crippen LogP contribution in [0.25, 0.3) is 21.0 Å². The number of esters is 5. The number of nitrogens with zero attached hydrogens (tertiary/aromatic N) is 2. The molecule has 1 aromatic heterocycles. The van der Waals surface area contributed by atoms with Crippen molar-refractivity contribution in [3.8, 4) is 28.7 Å². The zero-order valence-corrected chi connectivity index (χ0v) is 47.0. The van der Waals surface area contributed by atoms with Crippen molar-refractivity contribution < 1.29 is 61.9 Å². The second kappa shape index (κ2) is 31.1. The zero-order chi connectivity index (χ0) is 57.5. The van der Waals surface area contributed by atoms with Gasteiger partial charge in [-0.15, -0.1) is 0 Å². The van der Waals surface area contributed by atoms with Crippen molar-refractivity contribution in [3.05, 3.63) is 140 Å². The van der Waals surface area contributed by atoms with Crippen LogP contribution >= 0.6 is 11.3 Å². The molecular weight excluding hydrogens is 1060 g/mol. The molecule has 0 radical (unpaired) electrons. The van der Waals surface area contributed by atoms with E-state index >= 15 is 0 Å². The molecule has 5 aromatic carbocycles. The quantitative estimate of drug-likeness (QED) is 0.0111. The number of hydrogen-bond donors (Lipinski definition) is 1. The number of anilines is 1. The topological polar surface area (TPSA) is 204 Å². The molecule has 0 saturated heterocycles. The summed E-state index contributed by atoms with van der Waals surface area (Å²) >= 11 is 1.47. The minimum Gasteiger partial charge on any atom is -0.494 e. The number of aromatic nitrogens is 1. The molecule has 8 rings (SSSR count). The molecule has 17 heteroatoms. The maximum absolute atomic E-state index is 13.9. The number of carbonyl (C=O) groups is 6. The van der Waals surface area contributed by atoms with Gasteiger partial charge in [-0.2, -0.15) is 5.10 Å². The molecule has 2 aliphatic carbocycles. The fraction of sp³-hybridized carbons (Fsp3) is 0.385. The molecule has 2 aliphatic rings. The van der Waals surface area contributed by atoms with E-state index in [1.807, 2.05) is 54.6 Å². The molecular formula is C65H71N3O13S. The number of hydrogen-bond acceptors (Lipinski definition) is 17. The molecule has 2 fully saturated rings. The zero-order valence-electron chi connectivity index (χ0n) is 46.2. The summed E-state index contributed by atoms with van der Waals surface area (Å²) < 4.78 is 40.3. The highest BCUT2D eigenvalue weighted by Gasteiger charge is 2.33. The second-order valence-corrected chi connectivity index (χ2v) is 21.7. The molecule has 0 unspecified atom stereocenters. The van der Waals surface area contributed by atoms with Crippen molar-refractivity contribution in [2.75, 3.05) is 31.9 Å². The summed E-state index contributed by atoms with van der Waals surface area (Å²) in [7, 11) is 0. The van der Waals surface area contributed by atoms with Gasteiger partial charge in [0.05, 0.1) is 60.6 Å². The molecule has 0 bridgehead atoms. The first-order chi connectivity index (χ1) is 40.0. The fourth-order valence-corrected chi connectivity index (χ4v) is 10.9. The van der Waals surface area contributed by atoms with Gasteiger partial charge in [0.2, 0.25) is 5.13 Å². The molecule has 0 spiro atoms. The van der Waals surface area contributed by atoms with Gasteiger partial charge in [0.1, 0.15) is 34.5 Å². The maximum Gasteiger partial charge on any atom is 0.330 e. The molecule has 1 heterocycles. The predicted octanol–water partition coefficient (Wildman–Crippen LogP) is 13.1. The van der Waals surface area contributed by atoms with Crippen LogP contribution in [0.1, 0.15) is 114 Å². The Hall–Kier alpha value is -8.18. The van der Waals surface area contributed by atoms with Crippen LogP contribution in [0, 0.1) is 23.7 Å². The summed E-state index contributed by atoms with van der Waals surface area (Å²) in [6.07, 6.45) is 15.3. The Balaban J connectivity index is 0.802. The second-order valence-electron chi connectivity index (χ2n) is 20.6. The van der Waals surface area contributed by atoms with Crippen LogP contribution in [0.4, 0.5) is 5.13 Å². The normalized spacial score (nSPS) is 16.9. The van der Waals surface area contributed by atoms with Gasteiger partial charge in [-0.3, -0.25) is 24.6 Å². The van der Waals surface area contributed by atoms with Crippen LogP contribution in [0.3, 0.4) is 0 Å². The van der Waals surface area contributed by atoms with Crippen LogP contribution in [-0.4, -0.2) is 73.3 Å². The number of thiazole rings is 1. The number of rotatable bonds is 30. The average Bonchev–Trinajstić information content (AvgIpc) is 4.08. The van der Waals surface area contributed by atoms with Gasteiger partial charge in [0, 0.05) is 30.1 Å². The molecule has 1 N–H and O–H groups in total. The summed E-state index contributed by atoms with van der Waals surface area (Å²) in [6.45, 7) is 8.62. The first kappa shape index (κ1) is 59.9. The van der Waals surface area contributed by atoms with Crippen LogP contribution < -0.4 is 29.1 Å². The van der Waals surface area contributed by atoms with E-state index in [2.05, 4.69) is 28.7 Å². The highest BCUT2D eigenvalue weighted by Crippen LogP contribution is 2.35. The van der Waals surface area contributed by atoms with Crippen molar-refractivity contribution in [1.29, 1.82) is 0 Å². The van der Waals surface area contributed by atoms with Gasteiger partial charge in [-0.25, -0.2) is 14.6 Å². The lowest BCUT2D eigenvalue weighted by molar-refractivity contribution is -0.145. The molecule has 430 valence electrons. The largest absolute Gasteiger partial charge is 0.494 e. The Kier molecular flexibility index (Phi) is 22.8. The van der Waals surface area contributed by atoms with Gasteiger partial charge in [0.25, 0.3) is 0 Å². The minimum absolute atomic E-state index is 0.119. The van der Waals surface area contributed by atoms with Gasteiger partial charge >= 0.3 is 29.8 Å². The summed E-state index contributed by atoms with van der Waals surface area (Å²) in [5.74, 6) is -0.440. The van der Waals surface area contributed by atoms with E-state index in [1.165, 1.54) is 11.3 Å². The summed E-state index contributed by atoms with van der Waals surface area (Å²) in [4.78, 5) is 81.0. The molecule has 2 saturated carbocycles. The number of hydrazone groups is 1.